The van der Waals surface area contributed by atoms with Gasteiger partial charge in [-0.15, -0.1) is 0 Å². The summed E-state index contributed by atoms with van der Waals surface area (Å²) in [4.78, 5) is 24.0. The van der Waals surface area contributed by atoms with Gasteiger partial charge < -0.3 is 10.4 Å². The zero-order valence-electron chi connectivity index (χ0n) is 11.1. The molecule has 1 saturated heterocycles. The number of carbonyl (C=O) groups is 2. The Kier molecular flexibility index (Phi) is 3.30. The fraction of sp³-hybridized carbons (Fsp3) is 0.375. The first-order valence-electron chi connectivity index (χ1n) is 6.99. The van der Waals surface area contributed by atoms with Gasteiger partial charge in [-0.2, -0.15) is 0 Å². The van der Waals surface area contributed by atoms with Crippen molar-refractivity contribution >= 4 is 11.7 Å². The Hall–Kier alpha value is -2.10. The third-order valence-electron chi connectivity index (χ3n) is 3.88. The van der Waals surface area contributed by atoms with Gasteiger partial charge in [-0.05, 0) is 31.2 Å². The molecule has 2 N–H and O–H groups in total. The van der Waals surface area contributed by atoms with E-state index in [9.17, 15) is 14.7 Å². The van der Waals surface area contributed by atoms with Crippen LogP contribution in [-0.4, -0.2) is 22.8 Å². The summed E-state index contributed by atoms with van der Waals surface area (Å²) < 4.78 is 0. The van der Waals surface area contributed by atoms with Crippen LogP contribution in [0.3, 0.4) is 0 Å². The molecule has 1 saturated carbocycles. The Morgan fingerprint density at radius 2 is 1.90 bits per heavy atom. The quantitative estimate of drug-likeness (QED) is 0.499. The molecule has 1 heterocycles. The Balaban J connectivity index is 1.69. The fourth-order valence-corrected chi connectivity index (χ4v) is 2.54. The number of aryl methyl sites for hydroxylation is 1. The van der Waals surface area contributed by atoms with Gasteiger partial charge in [-0.3, -0.25) is 9.59 Å². The van der Waals surface area contributed by atoms with Crippen LogP contribution in [-0.2, 0) is 16.0 Å². The lowest BCUT2D eigenvalue weighted by atomic mass is 10.0. The maximum absolute atomic E-state index is 12.2. The first-order valence-corrected chi connectivity index (χ1v) is 6.99. The van der Waals surface area contributed by atoms with E-state index in [1.807, 2.05) is 30.3 Å². The van der Waals surface area contributed by atoms with E-state index in [2.05, 4.69) is 5.32 Å². The van der Waals surface area contributed by atoms with Crippen LogP contribution < -0.4 is 5.32 Å². The molecule has 0 aromatic heterocycles. The van der Waals surface area contributed by atoms with E-state index in [-0.39, 0.29) is 23.0 Å². The SMILES string of the molecule is O=C1NC(CCc2ccccc2)C(=O)/C1=C(\O)C1CC1. The van der Waals surface area contributed by atoms with Crippen LogP contribution in [0.2, 0.25) is 0 Å². The number of rotatable bonds is 4. The Bertz CT molecular complexity index is 573. The molecule has 1 aliphatic heterocycles. The van der Waals surface area contributed by atoms with E-state index in [4.69, 9.17) is 0 Å². The minimum Gasteiger partial charge on any atom is -0.511 e. The molecule has 1 aromatic carbocycles. The maximum Gasteiger partial charge on any atom is 0.259 e. The summed E-state index contributed by atoms with van der Waals surface area (Å²) in [5.41, 5.74) is 1.13. The van der Waals surface area contributed by atoms with Crippen LogP contribution in [0.25, 0.3) is 0 Å². The minimum absolute atomic E-state index is 0.00490. The first kappa shape index (κ1) is 12.9. The van der Waals surface area contributed by atoms with Crippen LogP contribution >= 0.6 is 0 Å². The largest absolute Gasteiger partial charge is 0.511 e. The van der Waals surface area contributed by atoms with Crippen molar-refractivity contribution in [2.75, 3.05) is 0 Å². The highest BCUT2D eigenvalue weighted by atomic mass is 16.3. The summed E-state index contributed by atoms with van der Waals surface area (Å²) in [6.07, 6.45) is 3.03. The van der Waals surface area contributed by atoms with Crippen LogP contribution in [0.5, 0.6) is 0 Å². The molecule has 4 heteroatoms. The average molecular weight is 271 g/mol. The highest BCUT2D eigenvalue weighted by Crippen LogP contribution is 2.37. The Morgan fingerprint density at radius 1 is 1.20 bits per heavy atom. The Morgan fingerprint density at radius 3 is 2.55 bits per heavy atom. The number of amides is 1. The predicted octanol–water partition coefficient (Wildman–Crippen LogP) is 1.91. The zero-order chi connectivity index (χ0) is 14.1. The highest BCUT2D eigenvalue weighted by molar-refractivity contribution is 6.26. The third-order valence-corrected chi connectivity index (χ3v) is 3.88. The first-order chi connectivity index (χ1) is 9.66. The van der Waals surface area contributed by atoms with Gasteiger partial charge in [0.25, 0.3) is 5.91 Å². The molecular weight excluding hydrogens is 254 g/mol. The lowest BCUT2D eigenvalue weighted by molar-refractivity contribution is -0.117. The molecule has 2 aliphatic rings. The normalized spacial score (nSPS) is 24.7. The summed E-state index contributed by atoms with van der Waals surface area (Å²) in [6.45, 7) is 0. The minimum atomic E-state index is -0.501. The lowest BCUT2D eigenvalue weighted by Crippen LogP contribution is -2.29. The van der Waals surface area contributed by atoms with Crippen LogP contribution in [0, 0.1) is 5.92 Å². The van der Waals surface area contributed by atoms with Crippen molar-refractivity contribution in [2.45, 2.75) is 31.7 Å². The molecule has 0 radical (unpaired) electrons. The van der Waals surface area contributed by atoms with E-state index >= 15 is 0 Å². The number of Topliss-reactive ketones (excluding diaryl/α,β-unsaturated/α-hetero) is 1. The standard InChI is InChI=1S/C16H17NO3/c18-14(11-7-8-11)13-15(19)12(17-16(13)20)9-6-10-4-2-1-3-5-10/h1-5,11-12,18H,6-9H2,(H,17,20)/b14-13+. The van der Waals surface area contributed by atoms with E-state index in [0.29, 0.717) is 6.42 Å². The molecule has 1 amide bonds. The number of allylic oxidation sites excluding steroid dienone is 1. The molecule has 4 nitrogen and oxygen atoms in total. The fourth-order valence-electron chi connectivity index (χ4n) is 2.54. The van der Waals surface area contributed by atoms with E-state index < -0.39 is 11.9 Å². The van der Waals surface area contributed by atoms with Crippen LogP contribution in [0.4, 0.5) is 0 Å². The van der Waals surface area contributed by atoms with Crippen molar-refractivity contribution in [1.29, 1.82) is 0 Å². The number of hydrogen-bond acceptors (Lipinski definition) is 3. The topological polar surface area (TPSA) is 66.4 Å². The maximum atomic E-state index is 12.2. The molecule has 0 bridgehead atoms. The van der Waals surface area contributed by atoms with Crippen molar-refractivity contribution in [3.8, 4) is 0 Å². The molecule has 1 atom stereocenters. The molecule has 1 unspecified atom stereocenters. The molecule has 2 fully saturated rings. The van der Waals surface area contributed by atoms with E-state index in [0.717, 1.165) is 24.8 Å². The van der Waals surface area contributed by atoms with Gasteiger partial charge in [0.15, 0.2) is 5.78 Å². The van der Waals surface area contributed by atoms with Crippen molar-refractivity contribution in [3.05, 3.63) is 47.2 Å². The lowest BCUT2D eigenvalue weighted by Gasteiger charge is -2.07. The van der Waals surface area contributed by atoms with E-state index in [1.54, 1.807) is 0 Å². The Labute approximate surface area is 117 Å². The number of benzene rings is 1. The summed E-state index contributed by atoms with van der Waals surface area (Å²) in [7, 11) is 0. The second kappa shape index (κ2) is 5.12. The van der Waals surface area contributed by atoms with Crippen molar-refractivity contribution in [2.24, 2.45) is 5.92 Å². The average Bonchev–Trinajstić information content (AvgIpc) is 3.25. The predicted molar refractivity (Wildman–Crippen MR) is 74.1 cm³/mol. The summed E-state index contributed by atoms with van der Waals surface area (Å²) >= 11 is 0. The summed E-state index contributed by atoms with van der Waals surface area (Å²) in [5.74, 6) is -0.657. The number of aliphatic hydroxyl groups excluding tert-OH is 1. The number of hydrogen-bond donors (Lipinski definition) is 2. The van der Waals surface area contributed by atoms with E-state index in [1.165, 1.54) is 0 Å². The van der Waals surface area contributed by atoms with Gasteiger partial charge in [-0.1, -0.05) is 30.3 Å². The molecular formula is C16H17NO3. The van der Waals surface area contributed by atoms with Gasteiger partial charge in [0, 0.05) is 5.92 Å². The second-order valence-electron chi connectivity index (χ2n) is 5.45. The third kappa shape index (κ3) is 2.46. The van der Waals surface area contributed by atoms with Crippen LogP contribution in [0.15, 0.2) is 41.7 Å². The van der Waals surface area contributed by atoms with Crippen molar-refractivity contribution in [1.82, 2.24) is 5.32 Å². The second-order valence-corrected chi connectivity index (χ2v) is 5.45. The molecule has 104 valence electrons. The number of ketones is 1. The number of nitrogens with one attached hydrogen (secondary N) is 1. The molecule has 1 aromatic rings. The number of aliphatic hydroxyl groups is 1. The molecule has 20 heavy (non-hydrogen) atoms. The highest BCUT2D eigenvalue weighted by Gasteiger charge is 2.41. The number of carbonyl (C=O) groups excluding carboxylic acids is 2. The van der Waals surface area contributed by atoms with Gasteiger partial charge in [-0.25, -0.2) is 0 Å². The summed E-state index contributed by atoms with van der Waals surface area (Å²) in [5, 5.41) is 12.6. The summed E-state index contributed by atoms with van der Waals surface area (Å²) in [6, 6.07) is 9.35. The van der Waals surface area contributed by atoms with Crippen molar-refractivity contribution in [3.63, 3.8) is 0 Å². The van der Waals surface area contributed by atoms with Crippen molar-refractivity contribution < 1.29 is 14.7 Å². The van der Waals surface area contributed by atoms with Gasteiger partial charge >= 0.3 is 0 Å². The van der Waals surface area contributed by atoms with Gasteiger partial charge in [0.2, 0.25) is 0 Å². The molecule has 3 rings (SSSR count). The monoisotopic (exact) mass is 271 g/mol. The zero-order valence-corrected chi connectivity index (χ0v) is 11.1. The molecule has 0 spiro atoms. The van der Waals surface area contributed by atoms with Gasteiger partial charge in [0.1, 0.15) is 11.3 Å². The van der Waals surface area contributed by atoms with Gasteiger partial charge in [0.05, 0.1) is 6.04 Å². The molecule has 1 aliphatic carbocycles. The smallest absolute Gasteiger partial charge is 0.259 e. The van der Waals surface area contributed by atoms with Crippen LogP contribution in [0.1, 0.15) is 24.8 Å².